The van der Waals surface area contributed by atoms with Gasteiger partial charge in [-0.15, -0.1) is 0 Å². The number of anilines is 1. The van der Waals surface area contributed by atoms with Crippen LogP contribution in [0.2, 0.25) is 0 Å². The largest absolute Gasteiger partial charge is 0.409 e. The third kappa shape index (κ3) is 3.87. The molecule has 0 bridgehead atoms. The number of nitrogens with one attached hydrogen (secondary N) is 2. The topological polar surface area (TPSA) is 153 Å². The van der Waals surface area contributed by atoms with Crippen molar-refractivity contribution in [3.8, 4) is 6.07 Å². The van der Waals surface area contributed by atoms with Crippen LogP contribution in [0.5, 0.6) is 0 Å². The molecule has 1 saturated heterocycles. The molecule has 1 aromatic heterocycles. The fraction of sp³-hybridized carbons (Fsp3) is 0.421. The van der Waals surface area contributed by atoms with Crippen molar-refractivity contribution in [2.24, 2.45) is 21.3 Å². The van der Waals surface area contributed by atoms with Crippen molar-refractivity contribution in [1.29, 1.82) is 10.7 Å². The highest BCUT2D eigenvalue weighted by Crippen LogP contribution is 2.28. The Bertz CT molecular complexity index is 934. The van der Waals surface area contributed by atoms with Gasteiger partial charge in [-0.05, 0) is 25.5 Å². The minimum absolute atomic E-state index is 0.0130. The normalized spacial score (nSPS) is 23.7. The van der Waals surface area contributed by atoms with E-state index in [1.54, 1.807) is 19.1 Å². The maximum atomic E-state index is 9.39. The first kappa shape index (κ1) is 19.5. The summed E-state index contributed by atoms with van der Waals surface area (Å²) in [4.78, 5) is 8.70. The molecule has 1 unspecified atom stereocenters. The molecular formula is C19H23N7O2. The number of hydrogen-bond acceptors (Lipinski definition) is 8. The zero-order valence-electron chi connectivity index (χ0n) is 15.9. The molecule has 1 fully saturated rings. The monoisotopic (exact) mass is 381 g/mol. The lowest BCUT2D eigenvalue weighted by Gasteiger charge is -2.23. The molecule has 146 valence electrons. The molecule has 3 rings (SSSR count). The Morgan fingerprint density at radius 3 is 2.93 bits per heavy atom. The maximum Gasteiger partial charge on any atom is 0.218 e. The van der Waals surface area contributed by atoms with Gasteiger partial charge in [0, 0.05) is 42.0 Å². The van der Waals surface area contributed by atoms with E-state index in [9.17, 15) is 5.26 Å². The molecule has 3 heterocycles. The third-order valence-corrected chi connectivity index (χ3v) is 5.04. The SMILES string of the molecule is CC1=N/C(=N/O)C(=N)C(N)=C1Cc1ccc(C#N)c(NCC2(C)CCOC2)n1. The standard InChI is InChI=1S/C19H23N7O2/c1-11-14(15(21)16(22)18(24-11)26-27)7-13-4-3-12(8-20)17(25-13)23-9-19(2)5-6-28-10-19/h3-4,22,27H,5-7,9-10,21H2,1-2H3,(H,23,25)/b22-16?,26-18+. The number of amidine groups is 1. The summed E-state index contributed by atoms with van der Waals surface area (Å²) in [6, 6.07) is 5.64. The summed E-state index contributed by atoms with van der Waals surface area (Å²) in [5.41, 5.74) is 8.52. The number of dihydropyridines is 1. The average molecular weight is 381 g/mol. The number of pyridine rings is 1. The maximum absolute atomic E-state index is 9.39. The highest BCUT2D eigenvalue weighted by Gasteiger charge is 2.30. The second-order valence-corrected chi connectivity index (χ2v) is 7.34. The van der Waals surface area contributed by atoms with Crippen LogP contribution in [0.4, 0.5) is 5.82 Å². The molecule has 9 nitrogen and oxygen atoms in total. The van der Waals surface area contributed by atoms with Crippen LogP contribution in [0.15, 0.2) is 33.6 Å². The summed E-state index contributed by atoms with van der Waals surface area (Å²) in [6.07, 6.45) is 1.31. The lowest BCUT2D eigenvalue weighted by Crippen LogP contribution is -2.29. The Morgan fingerprint density at radius 2 is 2.29 bits per heavy atom. The predicted molar refractivity (Wildman–Crippen MR) is 106 cm³/mol. The zero-order chi connectivity index (χ0) is 20.3. The van der Waals surface area contributed by atoms with Crippen LogP contribution in [-0.4, -0.2) is 47.2 Å². The van der Waals surface area contributed by atoms with E-state index < -0.39 is 0 Å². The minimum atomic E-state index is -0.121. The summed E-state index contributed by atoms with van der Waals surface area (Å²) < 4.78 is 5.47. The molecule has 0 aliphatic carbocycles. The minimum Gasteiger partial charge on any atom is -0.409 e. The van der Waals surface area contributed by atoms with Crippen LogP contribution in [-0.2, 0) is 11.2 Å². The van der Waals surface area contributed by atoms with Crippen molar-refractivity contribution in [3.63, 3.8) is 0 Å². The van der Waals surface area contributed by atoms with Crippen LogP contribution in [0, 0.1) is 22.2 Å². The molecule has 0 amide bonds. The van der Waals surface area contributed by atoms with Gasteiger partial charge in [0.1, 0.15) is 17.6 Å². The fourth-order valence-corrected chi connectivity index (χ4v) is 3.19. The summed E-state index contributed by atoms with van der Waals surface area (Å²) in [7, 11) is 0. The van der Waals surface area contributed by atoms with Crippen LogP contribution >= 0.6 is 0 Å². The first-order valence-corrected chi connectivity index (χ1v) is 8.94. The molecule has 0 spiro atoms. The number of aromatic nitrogens is 1. The molecule has 28 heavy (non-hydrogen) atoms. The molecule has 5 N–H and O–H groups in total. The fourth-order valence-electron chi connectivity index (χ4n) is 3.19. The van der Waals surface area contributed by atoms with Crippen molar-refractivity contribution in [2.75, 3.05) is 25.1 Å². The Morgan fingerprint density at radius 1 is 1.50 bits per heavy atom. The molecular weight excluding hydrogens is 358 g/mol. The Hall–Kier alpha value is -3.25. The molecule has 2 aliphatic rings. The molecule has 0 aromatic carbocycles. The lowest BCUT2D eigenvalue weighted by atomic mass is 9.90. The summed E-state index contributed by atoms with van der Waals surface area (Å²) >= 11 is 0. The number of hydrogen-bond donors (Lipinski definition) is 4. The summed E-state index contributed by atoms with van der Waals surface area (Å²) in [5.74, 6) is 0.409. The van der Waals surface area contributed by atoms with Crippen molar-refractivity contribution < 1.29 is 9.94 Å². The second kappa shape index (κ2) is 7.78. The first-order valence-electron chi connectivity index (χ1n) is 8.94. The van der Waals surface area contributed by atoms with Gasteiger partial charge in [-0.1, -0.05) is 12.1 Å². The Balaban J connectivity index is 1.83. The average Bonchev–Trinajstić information content (AvgIpc) is 3.13. The van der Waals surface area contributed by atoms with Crippen molar-refractivity contribution in [3.05, 3.63) is 34.7 Å². The number of rotatable bonds is 5. The third-order valence-electron chi connectivity index (χ3n) is 5.04. The number of oxime groups is 1. The van der Waals surface area contributed by atoms with Crippen LogP contribution in [0.1, 0.15) is 31.5 Å². The van der Waals surface area contributed by atoms with E-state index in [2.05, 4.69) is 33.4 Å². The second-order valence-electron chi connectivity index (χ2n) is 7.34. The quantitative estimate of drug-likeness (QED) is 0.451. The van der Waals surface area contributed by atoms with Crippen molar-refractivity contribution in [1.82, 2.24) is 4.98 Å². The molecule has 1 atom stereocenters. The van der Waals surface area contributed by atoms with E-state index in [0.717, 1.165) is 13.0 Å². The van der Waals surface area contributed by atoms with Gasteiger partial charge in [0.05, 0.1) is 17.9 Å². The van der Waals surface area contributed by atoms with Gasteiger partial charge in [0.15, 0.2) is 0 Å². The number of ether oxygens (including phenoxy) is 1. The molecule has 9 heteroatoms. The van der Waals surface area contributed by atoms with E-state index in [-0.39, 0.29) is 22.7 Å². The lowest BCUT2D eigenvalue weighted by molar-refractivity contribution is 0.164. The predicted octanol–water partition coefficient (Wildman–Crippen LogP) is 1.83. The van der Waals surface area contributed by atoms with Crippen molar-refractivity contribution >= 4 is 23.1 Å². The Labute approximate surface area is 163 Å². The van der Waals surface area contributed by atoms with Gasteiger partial charge in [-0.25, -0.2) is 9.98 Å². The summed E-state index contributed by atoms with van der Waals surface area (Å²) in [5, 5.41) is 32.6. The van der Waals surface area contributed by atoms with Crippen LogP contribution in [0.3, 0.4) is 0 Å². The number of allylic oxidation sites excluding steroid dienone is 1. The zero-order valence-corrected chi connectivity index (χ0v) is 15.9. The number of nitriles is 1. The van der Waals surface area contributed by atoms with E-state index in [0.29, 0.717) is 47.9 Å². The highest BCUT2D eigenvalue weighted by atomic mass is 16.5. The molecule has 0 radical (unpaired) electrons. The molecule has 2 aliphatic heterocycles. The Kier molecular flexibility index (Phi) is 5.42. The highest BCUT2D eigenvalue weighted by molar-refractivity contribution is 6.50. The van der Waals surface area contributed by atoms with E-state index >= 15 is 0 Å². The van der Waals surface area contributed by atoms with Gasteiger partial charge < -0.3 is 21.0 Å². The van der Waals surface area contributed by atoms with Gasteiger partial charge in [-0.3, -0.25) is 5.41 Å². The van der Waals surface area contributed by atoms with E-state index in [4.69, 9.17) is 21.1 Å². The van der Waals surface area contributed by atoms with Crippen LogP contribution in [0.25, 0.3) is 0 Å². The van der Waals surface area contributed by atoms with Gasteiger partial charge in [-0.2, -0.15) is 5.26 Å². The smallest absolute Gasteiger partial charge is 0.218 e. The van der Waals surface area contributed by atoms with Gasteiger partial charge in [0.25, 0.3) is 0 Å². The number of aliphatic imine (C=N–C) groups is 1. The summed E-state index contributed by atoms with van der Waals surface area (Å²) in [6.45, 7) is 5.96. The first-order chi connectivity index (χ1) is 13.4. The molecule has 0 saturated carbocycles. The molecule has 1 aromatic rings. The van der Waals surface area contributed by atoms with Crippen molar-refractivity contribution in [2.45, 2.75) is 26.7 Å². The van der Waals surface area contributed by atoms with E-state index in [1.165, 1.54) is 0 Å². The van der Waals surface area contributed by atoms with Crippen LogP contribution < -0.4 is 11.1 Å². The van der Waals surface area contributed by atoms with Gasteiger partial charge in [0.2, 0.25) is 5.84 Å². The number of nitrogens with two attached hydrogens (primary N) is 1. The number of nitrogens with zero attached hydrogens (tertiary/aromatic N) is 4. The van der Waals surface area contributed by atoms with Gasteiger partial charge >= 0.3 is 0 Å². The van der Waals surface area contributed by atoms with E-state index in [1.807, 2.05) is 0 Å².